The Morgan fingerprint density at radius 2 is 2.15 bits per heavy atom. The maximum absolute atomic E-state index is 12.1. The Hall–Kier alpha value is -2.47. The summed E-state index contributed by atoms with van der Waals surface area (Å²) in [6, 6.07) is 7.56. The zero-order chi connectivity index (χ0) is 14.4. The number of nitrogens with one attached hydrogen (secondary N) is 1. The Labute approximate surface area is 117 Å². The minimum atomic E-state index is -0.338. The van der Waals surface area contributed by atoms with Gasteiger partial charge in [-0.3, -0.25) is 9.78 Å². The lowest BCUT2D eigenvalue weighted by atomic mass is 10.1. The molecular weight excluding hydrogens is 256 g/mol. The molecule has 0 aliphatic heterocycles. The largest absolute Gasteiger partial charge is 0.384 e. The summed E-state index contributed by atoms with van der Waals surface area (Å²) < 4.78 is 5.05. The van der Waals surface area contributed by atoms with Gasteiger partial charge in [0, 0.05) is 12.8 Å². The molecule has 3 N–H and O–H groups in total. The van der Waals surface area contributed by atoms with Gasteiger partial charge >= 0.3 is 0 Å². The Morgan fingerprint density at radius 1 is 1.35 bits per heavy atom. The molecule has 1 amide bonds. The molecule has 0 saturated carbocycles. The summed E-state index contributed by atoms with van der Waals surface area (Å²) in [6.07, 6.45) is 3.49. The summed E-state index contributed by atoms with van der Waals surface area (Å²) in [5, 5.41) is 2.81. The van der Waals surface area contributed by atoms with E-state index in [1.807, 2.05) is 24.3 Å². The van der Waals surface area contributed by atoms with Crippen molar-refractivity contribution < 1.29 is 9.53 Å². The Kier molecular flexibility index (Phi) is 4.62. The third-order valence-corrected chi connectivity index (χ3v) is 2.73. The van der Waals surface area contributed by atoms with Gasteiger partial charge in [0.25, 0.3) is 5.91 Å². The number of ether oxygens (including phenoxy) is 1. The quantitative estimate of drug-likeness (QED) is 0.860. The highest BCUT2D eigenvalue weighted by Gasteiger charge is 2.10. The third kappa shape index (κ3) is 3.52. The smallest absolute Gasteiger partial charge is 0.275 e. The number of nitrogens with two attached hydrogens (primary N) is 1. The molecule has 0 unspecified atom stereocenters. The fourth-order valence-electron chi connectivity index (χ4n) is 1.75. The molecule has 2 aromatic rings. The summed E-state index contributed by atoms with van der Waals surface area (Å²) >= 11 is 0. The maximum atomic E-state index is 12.1. The van der Waals surface area contributed by atoms with E-state index in [9.17, 15) is 4.79 Å². The summed E-state index contributed by atoms with van der Waals surface area (Å²) in [5.41, 5.74) is 7.44. The van der Waals surface area contributed by atoms with Crippen molar-refractivity contribution in [1.29, 1.82) is 0 Å². The van der Waals surface area contributed by atoms with Gasteiger partial charge < -0.3 is 15.8 Å². The van der Waals surface area contributed by atoms with Crippen molar-refractivity contribution in [3.05, 3.63) is 47.9 Å². The number of amides is 1. The number of nitrogen functional groups attached to an aromatic ring is 1. The second-order valence-corrected chi connectivity index (χ2v) is 4.18. The normalized spacial score (nSPS) is 10.2. The molecule has 0 fully saturated rings. The number of carbonyl (C=O) groups excluding carboxylic acids is 1. The second kappa shape index (κ2) is 6.63. The Bertz CT molecular complexity index is 601. The average Bonchev–Trinajstić information content (AvgIpc) is 2.46. The van der Waals surface area contributed by atoms with Crippen LogP contribution in [0.2, 0.25) is 0 Å². The first-order chi connectivity index (χ1) is 9.70. The fourth-order valence-corrected chi connectivity index (χ4v) is 1.75. The van der Waals surface area contributed by atoms with Gasteiger partial charge in [0.15, 0.2) is 0 Å². The molecule has 0 saturated heterocycles. The average molecular weight is 272 g/mol. The van der Waals surface area contributed by atoms with E-state index in [0.29, 0.717) is 6.61 Å². The highest BCUT2D eigenvalue weighted by atomic mass is 16.5. The Balaban J connectivity index is 2.15. The molecule has 20 heavy (non-hydrogen) atoms. The number of anilines is 2. The fraction of sp³-hybridized carbons (Fsp3) is 0.214. The number of hydrogen-bond donors (Lipinski definition) is 2. The predicted octanol–water partition coefficient (Wildman–Crippen LogP) is 1.50. The molecule has 0 spiro atoms. The highest BCUT2D eigenvalue weighted by Crippen LogP contribution is 2.16. The van der Waals surface area contributed by atoms with Crippen molar-refractivity contribution in [1.82, 2.24) is 9.97 Å². The van der Waals surface area contributed by atoms with Crippen LogP contribution in [0, 0.1) is 0 Å². The van der Waals surface area contributed by atoms with E-state index in [-0.39, 0.29) is 17.4 Å². The van der Waals surface area contributed by atoms with Gasteiger partial charge in [-0.05, 0) is 18.1 Å². The number of para-hydroxylation sites is 1. The number of aromatic nitrogens is 2. The van der Waals surface area contributed by atoms with E-state index in [1.54, 1.807) is 7.11 Å². The minimum absolute atomic E-state index is 0.187. The molecule has 1 heterocycles. The molecule has 1 aromatic heterocycles. The highest BCUT2D eigenvalue weighted by molar-refractivity contribution is 6.03. The van der Waals surface area contributed by atoms with Crippen LogP contribution >= 0.6 is 0 Å². The Morgan fingerprint density at radius 3 is 2.90 bits per heavy atom. The van der Waals surface area contributed by atoms with Crippen LogP contribution in [0.25, 0.3) is 0 Å². The standard InChI is InChI=1S/C14H16N4O2/c1-20-7-6-10-4-2-3-5-11(10)18-14(19)12-8-16-9-13(15)17-12/h2-5,8-9H,6-7H2,1H3,(H2,15,17)(H,18,19). The van der Waals surface area contributed by atoms with Gasteiger partial charge in [0.05, 0.1) is 19.0 Å². The molecule has 2 rings (SSSR count). The number of hydrogen-bond acceptors (Lipinski definition) is 5. The number of methoxy groups -OCH3 is 1. The van der Waals surface area contributed by atoms with Crippen LogP contribution in [0.4, 0.5) is 11.5 Å². The summed E-state index contributed by atoms with van der Waals surface area (Å²) in [6.45, 7) is 0.588. The topological polar surface area (TPSA) is 90.1 Å². The van der Waals surface area contributed by atoms with E-state index in [2.05, 4.69) is 15.3 Å². The molecule has 0 aliphatic carbocycles. The summed E-state index contributed by atoms with van der Waals surface area (Å²) in [4.78, 5) is 19.9. The van der Waals surface area contributed by atoms with Crippen LogP contribution < -0.4 is 11.1 Å². The second-order valence-electron chi connectivity index (χ2n) is 4.18. The first-order valence-electron chi connectivity index (χ1n) is 6.16. The van der Waals surface area contributed by atoms with Crippen LogP contribution in [0.3, 0.4) is 0 Å². The van der Waals surface area contributed by atoms with E-state index in [0.717, 1.165) is 17.7 Å². The van der Waals surface area contributed by atoms with E-state index in [1.165, 1.54) is 12.4 Å². The number of rotatable bonds is 5. The van der Waals surface area contributed by atoms with Gasteiger partial charge in [-0.2, -0.15) is 0 Å². The number of carbonyl (C=O) groups is 1. The minimum Gasteiger partial charge on any atom is -0.384 e. The van der Waals surface area contributed by atoms with Crippen molar-refractivity contribution >= 4 is 17.4 Å². The third-order valence-electron chi connectivity index (χ3n) is 2.73. The molecule has 1 aromatic carbocycles. The van der Waals surface area contributed by atoms with Crippen molar-refractivity contribution in [2.24, 2.45) is 0 Å². The maximum Gasteiger partial charge on any atom is 0.275 e. The molecule has 6 nitrogen and oxygen atoms in total. The van der Waals surface area contributed by atoms with E-state index < -0.39 is 0 Å². The first-order valence-corrected chi connectivity index (χ1v) is 6.16. The van der Waals surface area contributed by atoms with Gasteiger partial charge in [-0.1, -0.05) is 18.2 Å². The number of benzene rings is 1. The molecule has 0 radical (unpaired) electrons. The molecule has 104 valence electrons. The number of nitrogens with zero attached hydrogens (tertiary/aromatic N) is 2. The van der Waals surface area contributed by atoms with Gasteiger partial charge in [0.1, 0.15) is 11.5 Å². The summed E-state index contributed by atoms with van der Waals surface area (Å²) in [5.74, 6) is -0.125. The predicted molar refractivity (Wildman–Crippen MR) is 76.4 cm³/mol. The van der Waals surface area contributed by atoms with Gasteiger partial charge in [-0.25, -0.2) is 4.98 Å². The van der Waals surface area contributed by atoms with Crippen LogP contribution in [-0.2, 0) is 11.2 Å². The van der Waals surface area contributed by atoms with Crippen molar-refractivity contribution in [2.75, 3.05) is 24.8 Å². The zero-order valence-electron chi connectivity index (χ0n) is 11.2. The van der Waals surface area contributed by atoms with Crippen molar-refractivity contribution in [2.45, 2.75) is 6.42 Å². The van der Waals surface area contributed by atoms with E-state index >= 15 is 0 Å². The molecule has 0 atom stereocenters. The molecule has 6 heteroatoms. The van der Waals surface area contributed by atoms with Crippen LogP contribution in [0.1, 0.15) is 16.1 Å². The zero-order valence-corrected chi connectivity index (χ0v) is 11.2. The van der Waals surface area contributed by atoms with Crippen LogP contribution in [-0.4, -0.2) is 29.6 Å². The van der Waals surface area contributed by atoms with Crippen LogP contribution in [0.15, 0.2) is 36.7 Å². The first kappa shape index (κ1) is 14.0. The molecular formula is C14H16N4O2. The van der Waals surface area contributed by atoms with Crippen molar-refractivity contribution in [3.8, 4) is 0 Å². The summed E-state index contributed by atoms with van der Waals surface area (Å²) in [7, 11) is 1.64. The van der Waals surface area contributed by atoms with E-state index in [4.69, 9.17) is 10.5 Å². The van der Waals surface area contributed by atoms with Crippen molar-refractivity contribution in [3.63, 3.8) is 0 Å². The lowest BCUT2D eigenvalue weighted by Gasteiger charge is -2.10. The lowest BCUT2D eigenvalue weighted by molar-refractivity contribution is 0.102. The SMILES string of the molecule is COCCc1ccccc1NC(=O)c1cncc(N)n1. The van der Waals surface area contributed by atoms with Crippen LogP contribution in [0.5, 0.6) is 0 Å². The van der Waals surface area contributed by atoms with Gasteiger partial charge in [0.2, 0.25) is 0 Å². The molecule has 0 bridgehead atoms. The van der Waals surface area contributed by atoms with Gasteiger partial charge in [-0.15, -0.1) is 0 Å². The monoisotopic (exact) mass is 272 g/mol. The lowest BCUT2D eigenvalue weighted by Crippen LogP contribution is -2.16. The molecule has 0 aliphatic rings.